The summed E-state index contributed by atoms with van der Waals surface area (Å²) in [5.41, 5.74) is 1.45. The van der Waals surface area contributed by atoms with Gasteiger partial charge in [-0.15, -0.1) is 0 Å². The molecule has 1 aliphatic rings. The fourth-order valence-corrected chi connectivity index (χ4v) is 5.73. The summed E-state index contributed by atoms with van der Waals surface area (Å²) in [5, 5.41) is 0. The largest absolute Gasteiger partial charge is 0.378 e. The van der Waals surface area contributed by atoms with Crippen molar-refractivity contribution in [1.29, 1.82) is 0 Å². The van der Waals surface area contributed by atoms with Crippen LogP contribution in [-0.2, 0) is 9.53 Å². The van der Waals surface area contributed by atoms with E-state index in [0.29, 0.717) is 5.56 Å². The summed E-state index contributed by atoms with van der Waals surface area (Å²) in [6, 6.07) is 1.97. The van der Waals surface area contributed by atoms with E-state index in [0.717, 1.165) is 48.5 Å². The summed E-state index contributed by atoms with van der Waals surface area (Å²) in [5.74, 6) is 0.960. The Kier molecular flexibility index (Phi) is 6.48. The first-order valence-corrected chi connectivity index (χ1v) is 9.22. The summed E-state index contributed by atoms with van der Waals surface area (Å²) in [7, 11) is 0. The number of ether oxygens (including phenoxy) is 1. The summed E-state index contributed by atoms with van der Waals surface area (Å²) in [6.45, 7) is 5.20. The van der Waals surface area contributed by atoms with Gasteiger partial charge in [0.05, 0.1) is 28.0 Å². The van der Waals surface area contributed by atoms with E-state index in [9.17, 15) is 4.79 Å². The Morgan fingerprint density at radius 1 is 1.30 bits per heavy atom. The number of halogens is 3. The second-order valence-electron chi connectivity index (χ2n) is 4.24. The van der Waals surface area contributed by atoms with Crippen LogP contribution in [0.3, 0.4) is 0 Å². The second kappa shape index (κ2) is 7.68. The van der Waals surface area contributed by atoms with Crippen molar-refractivity contribution in [1.82, 2.24) is 4.90 Å². The van der Waals surface area contributed by atoms with Crippen LogP contribution in [0.15, 0.2) is 11.1 Å². The molecule has 1 radical (unpaired) electrons. The van der Waals surface area contributed by atoms with Gasteiger partial charge in [0.1, 0.15) is 5.84 Å². The van der Waals surface area contributed by atoms with E-state index in [2.05, 4.69) is 72.7 Å². The molecule has 107 valence electrons. The van der Waals surface area contributed by atoms with Gasteiger partial charge < -0.3 is 9.64 Å². The molecule has 1 saturated heterocycles. The fraction of sp³-hybridized carbons (Fsp3) is 0.385. The molecule has 0 unspecified atom stereocenters. The number of hydrogen-bond acceptors (Lipinski definition) is 3. The van der Waals surface area contributed by atoms with Crippen molar-refractivity contribution in [2.45, 2.75) is 6.92 Å². The maximum atomic E-state index is 11.1. The van der Waals surface area contributed by atoms with Gasteiger partial charge in [0.25, 0.3) is 0 Å². The molecule has 0 bridgehead atoms. The van der Waals surface area contributed by atoms with Gasteiger partial charge in [-0.05, 0) is 80.8 Å². The standard InChI is InChI=1S/C13H12I3N2O2/c1-8(18-2-4-20-5-3-18)17-13-11(15)6-10(14)9(7-19)12(13)16/h6H,2-5H2,1H3/b17-8+. The third-order valence-electron chi connectivity index (χ3n) is 2.99. The van der Waals surface area contributed by atoms with E-state index < -0.39 is 0 Å². The van der Waals surface area contributed by atoms with E-state index in [1.807, 2.05) is 19.3 Å². The number of nitrogens with zero attached hydrogens (tertiary/aromatic N) is 2. The average molecular weight is 609 g/mol. The molecule has 1 heterocycles. The topological polar surface area (TPSA) is 41.9 Å². The summed E-state index contributed by atoms with van der Waals surface area (Å²) >= 11 is 6.59. The van der Waals surface area contributed by atoms with Crippen LogP contribution in [0.2, 0.25) is 0 Å². The predicted molar refractivity (Wildman–Crippen MR) is 105 cm³/mol. The van der Waals surface area contributed by atoms with Gasteiger partial charge in [0.15, 0.2) is 0 Å². The Bertz CT molecular complexity index is 555. The highest BCUT2D eigenvalue weighted by Crippen LogP contribution is 2.33. The normalized spacial score (nSPS) is 16.4. The zero-order valence-electron chi connectivity index (χ0n) is 10.8. The van der Waals surface area contributed by atoms with E-state index in [1.54, 1.807) is 0 Å². The van der Waals surface area contributed by atoms with Gasteiger partial charge in [-0.3, -0.25) is 4.79 Å². The highest BCUT2D eigenvalue weighted by Gasteiger charge is 2.16. The van der Waals surface area contributed by atoms with Crippen molar-refractivity contribution in [3.05, 3.63) is 22.3 Å². The van der Waals surface area contributed by atoms with Crippen LogP contribution in [0.25, 0.3) is 0 Å². The molecule has 0 aromatic heterocycles. The maximum Gasteiger partial charge on any atom is 0.235 e. The quantitative estimate of drug-likeness (QED) is 0.294. The molecule has 1 aromatic rings. The monoisotopic (exact) mass is 609 g/mol. The van der Waals surface area contributed by atoms with Crippen molar-refractivity contribution in [3.63, 3.8) is 0 Å². The lowest BCUT2D eigenvalue weighted by Gasteiger charge is -2.28. The molecule has 2 rings (SSSR count). The molecule has 4 nitrogen and oxygen atoms in total. The van der Waals surface area contributed by atoms with Crippen LogP contribution in [-0.4, -0.2) is 43.3 Å². The van der Waals surface area contributed by atoms with E-state index in [1.165, 1.54) is 0 Å². The molecule has 0 aliphatic carbocycles. The molecular formula is C13H12I3N2O2. The SMILES string of the molecule is C/C(=N\c1c(I)cc(I)c([C]=O)c1I)N1CCOCC1. The third-order valence-corrected chi connectivity index (χ3v) is 5.71. The predicted octanol–water partition coefficient (Wildman–Crippen LogP) is 3.34. The molecular weight excluding hydrogens is 597 g/mol. The summed E-state index contributed by atoms with van der Waals surface area (Å²) in [6.07, 6.45) is 2.01. The first kappa shape index (κ1) is 16.9. The molecule has 0 atom stereocenters. The van der Waals surface area contributed by atoms with Crippen molar-refractivity contribution in [2.24, 2.45) is 4.99 Å². The third kappa shape index (κ3) is 3.83. The number of aliphatic imine (C=N–C) groups is 1. The van der Waals surface area contributed by atoms with Gasteiger partial charge >= 0.3 is 0 Å². The Hall–Kier alpha value is 0.510. The van der Waals surface area contributed by atoms with Gasteiger partial charge in [-0.1, -0.05) is 0 Å². The number of morpholine rings is 1. The number of rotatable bonds is 2. The minimum Gasteiger partial charge on any atom is -0.378 e. The van der Waals surface area contributed by atoms with Crippen LogP contribution in [0, 0.1) is 10.7 Å². The first-order valence-electron chi connectivity index (χ1n) is 5.98. The highest BCUT2D eigenvalue weighted by molar-refractivity contribution is 14.1. The number of amidine groups is 1. The second-order valence-corrected chi connectivity index (χ2v) is 7.64. The number of benzene rings is 1. The molecule has 1 aliphatic heterocycles. The molecule has 0 saturated carbocycles. The van der Waals surface area contributed by atoms with Crippen LogP contribution in [0.1, 0.15) is 12.5 Å². The van der Waals surface area contributed by atoms with Gasteiger partial charge in [0, 0.05) is 20.2 Å². The van der Waals surface area contributed by atoms with E-state index in [-0.39, 0.29) is 0 Å². The number of carbonyl (C=O) groups excluding carboxylic acids is 1. The Morgan fingerprint density at radius 3 is 2.55 bits per heavy atom. The van der Waals surface area contributed by atoms with Crippen molar-refractivity contribution in [2.75, 3.05) is 26.3 Å². The van der Waals surface area contributed by atoms with Crippen molar-refractivity contribution >= 4 is 85.6 Å². The molecule has 7 heteroatoms. The molecule has 20 heavy (non-hydrogen) atoms. The molecule has 0 spiro atoms. The van der Waals surface area contributed by atoms with Crippen molar-refractivity contribution < 1.29 is 9.53 Å². The lowest BCUT2D eigenvalue weighted by atomic mass is 10.2. The van der Waals surface area contributed by atoms with E-state index in [4.69, 9.17) is 9.73 Å². The smallest absolute Gasteiger partial charge is 0.235 e. The Balaban J connectivity index is 2.39. The highest BCUT2D eigenvalue weighted by atomic mass is 127. The lowest BCUT2D eigenvalue weighted by Crippen LogP contribution is -2.39. The van der Waals surface area contributed by atoms with Crippen LogP contribution in [0.5, 0.6) is 0 Å². The molecule has 1 fully saturated rings. The zero-order valence-corrected chi connectivity index (χ0v) is 17.2. The lowest BCUT2D eigenvalue weighted by molar-refractivity contribution is 0.0678. The summed E-state index contributed by atoms with van der Waals surface area (Å²) in [4.78, 5) is 18.0. The average Bonchev–Trinajstić information content (AvgIpc) is 2.44. The minimum atomic E-state index is 0.597. The first-order chi connectivity index (χ1) is 9.54. The van der Waals surface area contributed by atoms with Crippen molar-refractivity contribution in [3.8, 4) is 0 Å². The van der Waals surface area contributed by atoms with E-state index >= 15 is 0 Å². The summed E-state index contributed by atoms with van der Waals surface area (Å²) < 4.78 is 8.17. The van der Waals surface area contributed by atoms with Gasteiger partial charge in [0.2, 0.25) is 6.29 Å². The molecule has 1 aromatic carbocycles. The fourth-order valence-electron chi connectivity index (χ4n) is 1.90. The molecule has 0 amide bonds. The van der Waals surface area contributed by atoms with Gasteiger partial charge in [-0.2, -0.15) is 0 Å². The Morgan fingerprint density at radius 2 is 1.95 bits per heavy atom. The van der Waals surface area contributed by atoms with Crippen LogP contribution < -0.4 is 0 Å². The zero-order chi connectivity index (χ0) is 14.7. The molecule has 0 N–H and O–H groups in total. The minimum absolute atomic E-state index is 0.597. The maximum absolute atomic E-state index is 11.1. The number of hydrogen-bond donors (Lipinski definition) is 0. The van der Waals surface area contributed by atoms with Crippen LogP contribution in [0.4, 0.5) is 5.69 Å². The van der Waals surface area contributed by atoms with Gasteiger partial charge in [-0.25, -0.2) is 4.99 Å². The Labute approximate surface area is 159 Å². The van der Waals surface area contributed by atoms with Crippen LogP contribution >= 0.6 is 67.8 Å².